The molecular weight excluding hydrogens is 257 g/mol. The van der Waals surface area contributed by atoms with Crippen molar-refractivity contribution in [2.45, 2.75) is 25.9 Å². The van der Waals surface area contributed by atoms with Crippen molar-refractivity contribution in [1.29, 1.82) is 0 Å². The van der Waals surface area contributed by atoms with Gasteiger partial charge in [-0.05, 0) is 42.6 Å². The van der Waals surface area contributed by atoms with Crippen LogP contribution in [0, 0.1) is 11.7 Å². The van der Waals surface area contributed by atoms with E-state index in [4.69, 9.17) is 5.73 Å². The number of hydrogen-bond acceptors (Lipinski definition) is 3. The Labute approximate surface area is 119 Å². The molecule has 1 atom stereocenters. The van der Waals surface area contributed by atoms with E-state index in [2.05, 4.69) is 10.2 Å². The molecule has 0 spiro atoms. The van der Waals surface area contributed by atoms with Crippen LogP contribution in [0.15, 0.2) is 18.2 Å². The van der Waals surface area contributed by atoms with Gasteiger partial charge in [-0.2, -0.15) is 0 Å². The first kappa shape index (κ1) is 14.9. The van der Waals surface area contributed by atoms with Crippen LogP contribution >= 0.6 is 0 Å². The van der Waals surface area contributed by atoms with E-state index < -0.39 is 0 Å². The highest BCUT2D eigenvalue weighted by Crippen LogP contribution is 2.20. The number of nitrogens with zero attached hydrogens (tertiary/aromatic N) is 1. The molecule has 1 unspecified atom stereocenters. The number of likely N-dealkylation sites (tertiary alicyclic amines) is 1. The molecule has 1 aliphatic heterocycles. The fourth-order valence-electron chi connectivity index (χ4n) is 2.80. The van der Waals surface area contributed by atoms with Crippen molar-refractivity contribution in [3.8, 4) is 0 Å². The fourth-order valence-corrected chi connectivity index (χ4v) is 2.80. The SMILES string of the molecule is CNC(=O)C1CCCN(Cc2cc(F)ccc2CN)C1. The zero-order valence-corrected chi connectivity index (χ0v) is 11.9. The van der Waals surface area contributed by atoms with Gasteiger partial charge in [0, 0.05) is 26.7 Å². The van der Waals surface area contributed by atoms with Gasteiger partial charge in [0.15, 0.2) is 0 Å². The lowest BCUT2D eigenvalue weighted by Gasteiger charge is -2.32. The third-order valence-corrected chi connectivity index (χ3v) is 3.90. The first-order valence-corrected chi connectivity index (χ1v) is 7.05. The van der Waals surface area contributed by atoms with Crippen molar-refractivity contribution in [1.82, 2.24) is 10.2 Å². The summed E-state index contributed by atoms with van der Waals surface area (Å²) >= 11 is 0. The Bertz CT molecular complexity index is 478. The molecule has 0 aromatic heterocycles. The molecule has 3 N–H and O–H groups in total. The lowest BCUT2D eigenvalue weighted by Crippen LogP contribution is -2.41. The highest BCUT2D eigenvalue weighted by atomic mass is 19.1. The molecule has 1 fully saturated rings. The van der Waals surface area contributed by atoms with E-state index in [-0.39, 0.29) is 17.6 Å². The molecule has 1 aromatic rings. The Hall–Kier alpha value is -1.46. The summed E-state index contributed by atoms with van der Waals surface area (Å²) in [6, 6.07) is 4.73. The van der Waals surface area contributed by atoms with Gasteiger partial charge in [-0.25, -0.2) is 4.39 Å². The minimum Gasteiger partial charge on any atom is -0.359 e. The molecule has 1 heterocycles. The molecule has 0 radical (unpaired) electrons. The van der Waals surface area contributed by atoms with Crippen molar-refractivity contribution in [2.75, 3.05) is 20.1 Å². The molecule has 0 aliphatic carbocycles. The summed E-state index contributed by atoms with van der Waals surface area (Å²) in [6.07, 6.45) is 1.91. The summed E-state index contributed by atoms with van der Waals surface area (Å²) in [6.45, 7) is 2.72. The third kappa shape index (κ3) is 3.55. The van der Waals surface area contributed by atoms with E-state index in [1.165, 1.54) is 6.07 Å². The molecule has 20 heavy (non-hydrogen) atoms. The van der Waals surface area contributed by atoms with Crippen LogP contribution in [-0.2, 0) is 17.9 Å². The molecule has 110 valence electrons. The second-order valence-corrected chi connectivity index (χ2v) is 5.31. The van der Waals surface area contributed by atoms with Crippen LogP contribution in [0.5, 0.6) is 0 Å². The maximum atomic E-state index is 13.4. The average Bonchev–Trinajstić information content (AvgIpc) is 2.47. The number of carbonyl (C=O) groups is 1. The quantitative estimate of drug-likeness (QED) is 0.872. The molecule has 1 aliphatic rings. The zero-order valence-electron chi connectivity index (χ0n) is 11.9. The van der Waals surface area contributed by atoms with Crippen LogP contribution in [0.1, 0.15) is 24.0 Å². The minimum atomic E-state index is -0.239. The van der Waals surface area contributed by atoms with Gasteiger partial charge in [-0.15, -0.1) is 0 Å². The normalized spacial score (nSPS) is 19.9. The first-order chi connectivity index (χ1) is 9.63. The van der Waals surface area contributed by atoms with Gasteiger partial charge in [-0.1, -0.05) is 6.07 Å². The first-order valence-electron chi connectivity index (χ1n) is 7.05. The predicted octanol–water partition coefficient (Wildman–Crippen LogP) is 1.24. The predicted molar refractivity (Wildman–Crippen MR) is 76.4 cm³/mol. The topological polar surface area (TPSA) is 58.4 Å². The molecule has 1 saturated heterocycles. The third-order valence-electron chi connectivity index (χ3n) is 3.90. The van der Waals surface area contributed by atoms with Gasteiger partial charge in [0.25, 0.3) is 0 Å². The van der Waals surface area contributed by atoms with Crippen LogP contribution in [0.2, 0.25) is 0 Å². The summed E-state index contributed by atoms with van der Waals surface area (Å²) in [5.41, 5.74) is 7.59. The lowest BCUT2D eigenvalue weighted by atomic mass is 9.96. The van der Waals surface area contributed by atoms with E-state index >= 15 is 0 Å². The zero-order chi connectivity index (χ0) is 14.5. The van der Waals surface area contributed by atoms with Gasteiger partial charge < -0.3 is 11.1 Å². The number of nitrogens with two attached hydrogens (primary N) is 1. The van der Waals surface area contributed by atoms with Gasteiger partial charge in [0.1, 0.15) is 5.82 Å². The summed E-state index contributed by atoms with van der Waals surface area (Å²) in [5.74, 6) is -0.117. The van der Waals surface area contributed by atoms with Crippen molar-refractivity contribution >= 4 is 5.91 Å². The number of halogens is 1. The standard InChI is InChI=1S/C15H22FN3O/c1-18-15(20)12-3-2-6-19(9-12)10-13-7-14(16)5-4-11(13)8-17/h4-5,7,12H,2-3,6,8-10,17H2,1H3,(H,18,20). The monoisotopic (exact) mass is 279 g/mol. The minimum absolute atomic E-state index is 0.0311. The lowest BCUT2D eigenvalue weighted by molar-refractivity contribution is -0.126. The summed E-state index contributed by atoms with van der Waals surface area (Å²) in [7, 11) is 1.67. The molecular formula is C15H22FN3O. The summed E-state index contributed by atoms with van der Waals surface area (Å²) < 4.78 is 13.4. The number of rotatable bonds is 4. The van der Waals surface area contributed by atoms with E-state index in [0.29, 0.717) is 13.1 Å². The van der Waals surface area contributed by atoms with Crippen molar-refractivity contribution in [2.24, 2.45) is 11.7 Å². The smallest absolute Gasteiger partial charge is 0.224 e. The molecule has 4 nitrogen and oxygen atoms in total. The number of piperidine rings is 1. The van der Waals surface area contributed by atoms with Crippen LogP contribution in [0.25, 0.3) is 0 Å². The number of benzene rings is 1. The molecule has 0 saturated carbocycles. The number of amides is 1. The highest BCUT2D eigenvalue weighted by molar-refractivity contribution is 5.78. The van der Waals surface area contributed by atoms with Crippen molar-refractivity contribution in [3.05, 3.63) is 35.1 Å². The van der Waals surface area contributed by atoms with Crippen LogP contribution in [0.4, 0.5) is 4.39 Å². The number of nitrogens with one attached hydrogen (secondary N) is 1. The van der Waals surface area contributed by atoms with E-state index in [0.717, 1.165) is 37.1 Å². The van der Waals surface area contributed by atoms with Gasteiger partial charge in [0.05, 0.1) is 5.92 Å². The Balaban J connectivity index is 2.06. The second kappa shape index (κ2) is 6.81. The van der Waals surface area contributed by atoms with Crippen LogP contribution < -0.4 is 11.1 Å². The Morgan fingerprint density at radius 2 is 2.30 bits per heavy atom. The average molecular weight is 279 g/mol. The van der Waals surface area contributed by atoms with Crippen molar-refractivity contribution in [3.63, 3.8) is 0 Å². The fraction of sp³-hybridized carbons (Fsp3) is 0.533. The van der Waals surface area contributed by atoms with E-state index in [1.807, 2.05) is 0 Å². The highest BCUT2D eigenvalue weighted by Gasteiger charge is 2.25. The molecule has 1 amide bonds. The van der Waals surface area contributed by atoms with E-state index in [9.17, 15) is 9.18 Å². The summed E-state index contributed by atoms with van der Waals surface area (Å²) in [5, 5.41) is 2.71. The van der Waals surface area contributed by atoms with Crippen LogP contribution in [0.3, 0.4) is 0 Å². The molecule has 5 heteroatoms. The molecule has 0 bridgehead atoms. The summed E-state index contributed by atoms with van der Waals surface area (Å²) in [4.78, 5) is 13.9. The Morgan fingerprint density at radius 1 is 1.50 bits per heavy atom. The largest absolute Gasteiger partial charge is 0.359 e. The number of hydrogen-bond donors (Lipinski definition) is 2. The van der Waals surface area contributed by atoms with Crippen LogP contribution in [-0.4, -0.2) is 30.9 Å². The van der Waals surface area contributed by atoms with Gasteiger partial charge in [-0.3, -0.25) is 9.69 Å². The molecule has 1 aromatic carbocycles. The van der Waals surface area contributed by atoms with Gasteiger partial charge in [0.2, 0.25) is 5.91 Å². The number of carbonyl (C=O) groups excluding carboxylic acids is 1. The Morgan fingerprint density at radius 3 is 3.00 bits per heavy atom. The Kier molecular flexibility index (Phi) is 5.09. The van der Waals surface area contributed by atoms with Gasteiger partial charge >= 0.3 is 0 Å². The molecule has 2 rings (SSSR count). The maximum absolute atomic E-state index is 13.4. The van der Waals surface area contributed by atoms with E-state index in [1.54, 1.807) is 19.2 Å². The van der Waals surface area contributed by atoms with Crippen molar-refractivity contribution < 1.29 is 9.18 Å². The maximum Gasteiger partial charge on any atom is 0.224 e. The second-order valence-electron chi connectivity index (χ2n) is 5.31.